The average Bonchev–Trinajstić information content (AvgIpc) is 2.97. The molecule has 124 valence electrons. The van der Waals surface area contributed by atoms with Crippen molar-refractivity contribution in [1.29, 1.82) is 0 Å². The van der Waals surface area contributed by atoms with E-state index in [1.807, 2.05) is 6.92 Å². The lowest BCUT2D eigenvalue weighted by Gasteiger charge is -2.37. The SMILES string of the molecule is CCN1CC(C(=O)NC2(c3ncccn3)CCOCC2)CC1=O. The van der Waals surface area contributed by atoms with Crippen molar-refractivity contribution in [2.75, 3.05) is 26.3 Å². The lowest BCUT2D eigenvalue weighted by molar-refractivity contribution is -0.130. The van der Waals surface area contributed by atoms with Crippen molar-refractivity contribution in [3.05, 3.63) is 24.3 Å². The number of carbonyl (C=O) groups is 2. The van der Waals surface area contributed by atoms with Crippen LogP contribution in [0.5, 0.6) is 0 Å². The fraction of sp³-hybridized carbons (Fsp3) is 0.625. The summed E-state index contributed by atoms with van der Waals surface area (Å²) in [4.78, 5) is 35.0. The Morgan fingerprint density at radius 2 is 2.09 bits per heavy atom. The van der Waals surface area contributed by atoms with E-state index < -0.39 is 5.54 Å². The maximum atomic E-state index is 12.7. The molecule has 1 aromatic heterocycles. The molecule has 0 saturated carbocycles. The number of hydrogen-bond donors (Lipinski definition) is 1. The summed E-state index contributed by atoms with van der Waals surface area (Å²) < 4.78 is 5.44. The van der Waals surface area contributed by atoms with Gasteiger partial charge in [-0.2, -0.15) is 0 Å². The smallest absolute Gasteiger partial charge is 0.226 e. The van der Waals surface area contributed by atoms with E-state index in [2.05, 4.69) is 15.3 Å². The van der Waals surface area contributed by atoms with Crippen molar-refractivity contribution in [2.24, 2.45) is 5.92 Å². The number of carbonyl (C=O) groups excluding carboxylic acids is 2. The molecule has 2 aliphatic heterocycles. The van der Waals surface area contributed by atoms with E-state index >= 15 is 0 Å². The minimum absolute atomic E-state index is 0.0460. The first-order valence-corrected chi connectivity index (χ1v) is 8.09. The molecule has 1 unspecified atom stereocenters. The molecule has 23 heavy (non-hydrogen) atoms. The molecule has 0 aliphatic carbocycles. The highest BCUT2D eigenvalue weighted by Crippen LogP contribution is 2.30. The van der Waals surface area contributed by atoms with E-state index in [9.17, 15) is 9.59 Å². The topological polar surface area (TPSA) is 84.4 Å². The number of likely N-dealkylation sites (tertiary alicyclic amines) is 1. The largest absolute Gasteiger partial charge is 0.381 e. The summed E-state index contributed by atoms with van der Waals surface area (Å²) in [7, 11) is 0. The summed E-state index contributed by atoms with van der Waals surface area (Å²) in [6.07, 6.45) is 4.93. The fourth-order valence-corrected chi connectivity index (χ4v) is 3.26. The van der Waals surface area contributed by atoms with Gasteiger partial charge in [0.1, 0.15) is 5.54 Å². The van der Waals surface area contributed by atoms with Gasteiger partial charge in [0.2, 0.25) is 11.8 Å². The van der Waals surface area contributed by atoms with Crippen LogP contribution in [0.2, 0.25) is 0 Å². The molecule has 3 heterocycles. The van der Waals surface area contributed by atoms with Crippen LogP contribution in [0.4, 0.5) is 0 Å². The second-order valence-corrected chi connectivity index (χ2v) is 6.09. The molecular formula is C16H22N4O3. The molecule has 1 atom stereocenters. The molecule has 0 radical (unpaired) electrons. The van der Waals surface area contributed by atoms with Crippen molar-refractivity contribution in [3.8, 4) is 0 Å². The van der Waals surface area contributed by atoms with Crippen LogP contribution in [0.25, 0.3) is 0 Å². The molecule has 2 amide bonds. The molecular weight excluding hydrogens is 296 g/mol. The van der Waals surface area contributed by atoms with Gasteiger partial charge in [-0.05, 0) is 13.0 Å². The van der Waals surface area contributed by atoms with Gasteiger partial charge in [0, 0.05) is 58.0 Å². The molecule has 0 spiro atoms. The van der Waals surface area contributed by atoms with Gasteiger partial charge in [0.25, 0.3) is 0 Å². The normalized spacial score (nSPS) is 23.8. The molecule has 1 aromatic rings. The zero-order chi connectivity index (χ0) is 16.3. The van der Waals surface area contributed by atoms with Crippen LogP contribution in [0, 0.1) is 5.92 Å². The van der Waals surface area contributed by atoms with Gasteiger partial charge in [-0.15, -0.1) is 0 Å². The number of hydrogen-bond acceptors (Lipinski definition) is 5. The third kappa shape index (κ3) is 3.19. The Kier molecular flexibility index (Phi) is 4.56. The number of rotatable bonds is 4. The van der Waals surface area contributed by atoms with Gasteiger partial charge in [-0.25, -0.2) is 9.97 Å². The zero-order valence-electron chi connectivity index (χ0n) is 13.3. The molecule has 7 nitrogen and oxygen atoms in total. The van der Waals surface area contributed by atoms with Crippen molar-refractivity contribution in [3.63, 3.8) is 0 Å². The quantitative estimate of drug-likeness (QED) is 0.872. The fourth-order valence-electron chi connectivity index (χ4n) is 3.26. The second kappa shape index (κ2) is 6.62. The standard InChI is InChI=1S/C16H22N4O3/c1-2-20-11-12(10-13(20)21)14(22)19-16(4-8-23-9-5-16)15-17-6-3-7-18-15/h3,6-7,12H,2,4-5,8-11H2,1H3,(H,19,22). The molecule has 2 fully saturated rings. The zero-order valence-corrected chi connectivity index (χ0v) is 13.3. The van der Waals surface area contributed by atoms with Crippen LogP contribution in [-0.4, -0.2) is 53.0 Å². The van der Waals surface area contributed by atoms with Gasteiger partial charge in [0.15, 0.2) is 5.82 Å². The minimum atomic E-state index is -0.598. The van der Waals surface area contributed by atoms with E-state index in [-0.39, 0.29) is 24.2 Å². The highest BCUT2D eigenvalue weighted by atomic mass is 16.5. The van der Waals surface area contributed by atoms with Gasteiger partial charge >= 0.3 is 0 Å². The first kappa shape index (κ1) is 15.9. The van der Waals surface area contributed by atoms with Crippen LogP contribution >= 0.6 is 0 Å². The van der Waals surface area contributed by atoms with Gasteiger partial charge in [-0.3, -0.25) is 9.59 Å². The Bertz CT molecular complexity index is 572. The first-order chi connectivity index (χ1) is 11.1. The van der Waals surface area contributed by atoms with Crippen LogP contribution in [-0.2, 0) is 19.9 Å². The third-order valence-corrected chi connectivity index (χ3v) is 4.67. The van der Waals surface area contributed by atoms with E-state index in [4.69, 9.17) is 4.74 Å². The number of amides is 2. The summed E-state index contributed by atoms with van der Waals surface area (Å²) in [5.41, 5.74) is -0.598. The lowest BCUT2D eigenvalue weighted by Crippen LogP contribution is -2.52. The summed E-state index contributed by atoms with van der Waals surface area (Å²) in [5, 5.41) is 3.13. The van der Waals surface area contributed by atoms with Crippen molar-refractivity contribution >= 4 is 11.8 Å². The Morgan fingerprint density at radius 3 is 2.70 bits per heavy atom. The maximum absolute atomic E-state index is 12.7. The first-order valence-electron chi connectivity index (χ1n) is 8.09. The molecule has 2 saturated heterocycles. The minimum Gasteiger partial charge on any atom is -0.381 e. The maximum Gasteiger partial charge on any atom is 0.226 e. The van der Waals surface area contributed by atoms with E-state index in [1.165, 1.54) is 0 Å². The van der Waals surface area contributed by atoms with E-state index in [0.717, 1.165) is 0 Å². The van der Waals surface area contributed by atoms with Crippen molar-refractivity contribution < 1.29 is 14.3 Å². The summed E-state index contributed by atoms with van der Waals surface area (Å²) in [5.74, 6) is 0.271. The predicted molar refractivity (Wildman–Crippen MR) is 82.3 cm³/mol. The monoisotopic (exact) mass is 318 g/mol. The Hall–Kier alpha value is -2.02. The van der Waals surface area contributed by atoms with Crippen molar-refractivity contribution in [2.45, 2.75) is 31.7 Å². The molecule has 2 aliphatic rings. The average molecular weight is 318 g/mol. The van der Waals surface area contributed by atoms with Crippen LogP contribution in [0.15, 0.2) is 18.5 Å². The van der Waals surface area contributed by atoms with E-state index in [0.29, 0.717) is 45.0 Å². The summed E-state index contributed by atoms with van der Waals surface area (Å²) in [6, 6.07) is 1.76. The number of ether oxygens (including phenoxy) is 1. The molecule has 3 rings (SSSR count). The molecule has 1 N–H and O–H groups in total. The van der Waals surface area contributed by atoms with Gasteiger partial charge in [-0.1, -0.05) is 0 Å². The Balaban J connectivity index is 1.77. The molecule has 0 aromatic carbocycles. The highest BCUT2D eigenvalue weighted by molar-refractivity contribution is 5.89. The number of nitrogens with zero attached hydrogens (tertiary/aromatic N) is 3. The van der Waals surface area contributed by atoms with Crippen LogP contribution < -0.4 is 5.32 Å². The lowest BCUT2D eigenvalue weighted by atomic mass is 9.88. The Labute approximate surface area is 135 Å². The van der Waals surface area contributed by atoms with Gasteiger partial charge in [0.05, 0.1) is 5.92 Å². The predicted octanol–water partition coefficient (Wildman–Crippen LogP) is 0.467. The van der Waals surface area contributed by atoms with Gasteiger partial charge < -0.3 is 15.0 Å². The molecule has 7 heteroatoms. The molecule has 0 bridgehead atoms. The Morgan fingerprint density at radius 1 is 1.39 bits per heavy atom. The summed E-state index contributed by atoms with van der Waals surface area (Å²) in [6.45, 7) is 4.18. The number of nitrogens with one attached hydrogen (secondary N) is 1. The van der Waals surface area contributed by atoms with Crippen LogP contribution in [0.3, 0.4) is 0 Å². The third-order valence-electron chi connectivity index (χ3n) is 4.67. The number of aromatic nitrogens is 2. The highest BCUT2D eigenvalue weighted by Gasteiger charge is 2.42. The second-order valence-electron chi connectivity index (χ2n) is 6.09. The van der Waals surface area contributed by atoms with Crippen molar-refractivity contribution in [1.82, 2.24) is 20.2 Å². The summed E-state index contributed by atoms with van der Waals surface area (Å²) >= 11 is 0. The van der Waals surface area contributed by atoms with Crippen LogP contribution in [0.1, 0.15) is 32.0 Å². The van der Waals surface area contributed by atoms with E-state index in [1.54, 1.807) is 23.4 Å².